The van der Waals surface area contributed by atoms with Gasteiger partial charge in [0.15, 0.2) is 0 Å². The fourth-order valence-electron chi connectivity index (χ4n) is 2.34. The third-order valence-electron chi connectivity index (χ3n) is 3.84. The standard InChI is InChI=1S/C22H30/c1-8-10-11-20(22(5,6)7)14-12-17(3)21-15-13-19(9-2)16-18(21)4/h8,10-16H,3,9H2,1-2,4-7H3/b10-8+,14-12-,20-11+. The van der Waals surface area contributed by atoms with E-state index in [1.807, 2.05) is 6.92 Å². The van der Waals surface area contributed by atoms with Gasteiger partial charge in [0.2, 0.25) is 0 Å². The summed E-state index contributed by atoms with van der Waals surface area (Å²) in [5.74, 6) is 0. The van der Waals surface area contributed by atoms with Crippen LogP contribution in [0.3, 0.4) is 0 Å². The van der Waals surface area contributed by atoms with Gasteiger partial charge in [0.05, 0.1) is 0 Å². The normalized spacial score (nSPS) is 13.3. The third kappa shape index (κ3) is 5.18. The molecule has 0 aliphatic rings. The van der Waals surface area contributed by atoms with Gasteiger partial charge in [-0.2, -0.15) is 0 Å². The molecule has 22 heavy (non-hydrogen) atoms. The Morgan fingerprint density at radius 2 is 1.86 bits per heavy atom. The van der Waals surface area contributed by atoms with Crippen molar-refractivity contribution in [3.05, 3.63) is 77.4 Å². The van der Waals surface area contributed by atoms with Crippen molar-refractivity contribution in [2.75, 3.05) is 0 Å². The van der Waals surface area contributed by atoms with Crippen LogP contribution < -0.4 is 0 Å². The maximum atomic E-state index is 4.24. The number of rotatable bonds is 5. The smallest absolute Gasteiger partial charge is 0.0132 e. The Morgan fingerprint density at radius 3 is 2.36 bits per heavy atom. The van der Waals surface area contributed by atoms with Crippen LogP contribution in [-0.2, 0) is 6.42 Å². The lowest BCUT2D eigenvalue weighted by atomic mass is 9.85. The first-order valence-corrected chi connectivity index (χ1v) is 8.10. The predicted octanol–water partition coefficient (Wildman–Crippen LogP) is 6.68. The molecule has 0 unspecified atom stereocenters. The van der Waals surface area contributed by atoms with Crippen LogP contribution >= 0.6 is 0 Å². The summed E-state index contributed by atoms with van der Waals surface area (Å²) in [7, 11) is 0. The molecule has 0 nitrogen and oxygen atoms in total. The molecule has 0 bridgehead atoms. The van der Waals surface area contributed by atoms with E-state index in [2.05, 4.69) is 89.8 Å². The van der Waals surface area contributed by atoms with Crippen LogP contribution in [0, 0.1) is 12.3 Å². The van der Waals surface area contributed by atoms with Crippen molar-refractivity contribution in [1.82, 2.24) is 0 Å². The van der Waals surface area contributed by atoms with Gasteiger partial charge in [0, 0.05) is 0 Å². The van der Waals surface area contributed by atoms with E-state index in [1.165, 1.54) is 22.3 Å². The van der Waals surface area contributed by atoms with Crippen molar-refractivity contribution in [3.8, 4) is 0 Å². The van der Waals surface area contributed by atoms with Crippen molar-refractivity contribution in [1.29, 1.82) is 0 Å². The minimum atomic E-state index is 0.122. The molecule has 0 aromatic heterocycles. The summed E-state index contributed by atoms with van der Waals surface area (Å²) in [5, 5.41) is 0. The average molecular weight is 294 g/mol. The number of benzene rings is 1. The molecule has 0 heteroatoms. The second kappa shape index (κ2) is 7.98. The van der Waals surface area contributed by atoms with E-state index in [1.54, 1.807) is 0 Å². The monoisotopic (exact) mass is 294 g/mol. The maximum absolute atomic E-state index is 4.24. The highest BCUT2D eigenvalue weighted by Gasteiger charge is 2.13. The molecule has 0 N–H and O–H groups in total. The van der Waals surface area contributed by atoms with Gasteiger partial charge < -0.3 is 0 Å². The van der Waals surface area contributed by atoms with E-state index in [0.717, 1.165) is 12.0 Å². The first kappa shape index (κ1) is 18.2. The summed E-state index contributed by atoms with van der Waals surface area (Å²) in [6, 6.07) is 6.64. The number of allylic oxidation sites excluding steroid dienone is 7. The highest BCUT2D eigenvalue weighted by Crippen LogP contribution is 2.28. The second-order valence-corrected chi connectivity index (χ2v) is 6.76. The van der Waals surface area contributed by atoms with Crippen LogP contribution in [0.2, 0.25) is 0 Å². The number of hydrogen-bond donors (Lipinski definition) is 0. The minimum absolute atomic E-state index is 0.122. The molecule has 0 spiro atoms. The largest absolute Gasteiger partial charge is 0.0911 e. The summed E-state index contributed by atoms with van der Waals surface area (Å²) >= 11 is 0. The summed E-state index contributed by atoms with van der Waals surface area (Å²) in [6.45, 7) is 17.3. The first-order valence-electron chi connectivity index (χ1n) is 8.10. The number of aryl methyl sites for hydroxylation is 2. The Labute approximate surface area is 137 Å². The van der Waals surface area contributed by atoms with Crippen LogP contribution in [-0.4, -0.2) is 0 Å². The Bertz CT molecular complexity index is 601. The van der Waals surface area contributed by atoms with Gasteiger partial charge in [0.1, 0.15) is 0 Å². The molecule has 0 amide bonds. The molecule has 0 aliphatic carbocycles. The van der Waals surface area contributed by atoms with Gasteiger partial charge in [-0.05, 0) is 53.5 Å². The van der Waals surface area contributed by atoms with Crippen LogP contribution in [0.5, 0.6) is 0 Å². The molecule has 1 aromatic carbocycles. The lowest BCUT2D eigenvalue weighted by Gasteiger charge is -2.20. The van der Waals surface area contributed by atoms with E-state index < -0.39 is 0 Å². The molecular weight excluding hydrogens is 264 g/mol. The zero-order chi connectivity index (χ0) is 16.8. The molecule has 118 valence electrons. The summed E-state index contributed by atoms with van der Waals surface area (Å²) in [5.41, 5.74) is 6.39. The summed E-state index contributed by atoms with van der Waals surface area (Å²) in [6.07, 6.45) is 11.7. The van der Waals surface area contributed by atoms with Gasteiger partial charge >= 0.3 is 0 Å². The van der Waals surface area contributed by atoms with Crippen molar-refractivity contribution in [3.63, 3.8) is 0 Å². The third-order valence-corrected chi connectivity index (χ3v) is 3.84. The molecule has 1 aromatic rings. The summed E-state index contributed by atoms with van der Waals surface area (Å²) in [4.78, 5) is 0. The minimum Gasteiger partial charge on any atom is -0.0911 e. The Balaban J connectivity index is 3.04. The molecule has 0 fully saturated rings. The zero-order valence-corrected chi connectivity index (χ0v) is 15.0. The van der Waals surface area contributed by atoms with Crippen molar-refractivity contribution in [2.45, 2.75) is 48.0 Å². The van der Waals surface area contributed by atoms with Crippen LogP contribution in [0.1, 0.15) is 51.3 Å². The van der Waals surface area contributed by atoms with Crippen LogP contribution in [0.15, 0.2) is 60.7 Å². The Kier molecular flexibility index (Phi) is 6.61. The number of hydrogen-bond acceptors (Lipinski definition) is 0. The Hall–Kier alpha value is -1.82. The van der Waals surface area contributed by atoms with Crippen LogP contribution in [0.4, 0.5) is 0 Å². The Morgan fingerprint density at radius 1 is 1.18 bits per heavy atom. The van der Waals surface area contributed by atoms with E-state index in [0.29, 0.717) is 0 Å². The molecule has 1 rings (SSSR count). The molecule has 0 saturated carbocycles. The first-order chi connectivity index (χ1) is 10.3. The molecular formula is C22H30. The second-order valence-electron chi connectivity index (χ2n) is 6.76. The van der Waals surface area contributed by atoms with Crippen molar-refractivity contribution in [2.24, 2.45) is 5.41 Å². The molecule has 0 heterocycles. The molecule has 0 radical (unpaired) electrons. The molecule has 0 atom stereocenters. The molecule has 0 aliphatic heterocycles. The van der Waals surface area contributed by atoms with Gasteiger partial charge in [-0.25, -0.2) is 0 Å². The zero-order valence-electron chi connectivity index (χ0n) is 15.0. The van der Waals surface area contributed by atoms with E-state index in [-0.39, 0.29) is 5.41 Å². The predicted molar refractivity (Wildman–Crippen MR) is 101 cm³/mol. The van der Waals surface area contributed by atoms with E-state index >= 15 is 0 Å². The highest BCUT2D eigenvalue weighted by atomic mass is 14.2. The van der Waals surface area contributed by atoms with Gasteiger partial charge in [-0.1, -0.05) is 82.9 Å². The van der Waals surface area contributed by atoms with E-state index in [9.17, 15) is 0 Å². The van der Waals surface area contributed by atoms with Crippen molar-refractivity contribution >= 4 is 5.57 Å². The lowest BCUT2D eigenvalue weighted by Crippen LogP contribution is -2.07. The fraction of sp³-hybridized carbons (Fsp3) is 0.364. The maximum Gasteiger partial charge on any atom is -0.0132 e. The SMILES string of the molecule is C=C(\C=C/C(=C\C=C\C)C(C)(C)C)c1ccc(CC)cc1C. The van der Waals surface area contributed by atoms with Crippen LogP contribution in [0.25, 0.3) is 5.57 Å². The van der Waals surface area contributed by atoms with Crippen molar-refractivity contribution < 1.29 is 0 Å². The lowest BCUT2D eigenvalue weighted by molar-refractivity contribution is 0.517. The van der Waals surface area contributed by atoms with E-state index in [4.69, 9.17) is 0 Å². The molecule has 0 saturated heterocycles. The average Bonchev–Trinajstić information content (AvgIpc) is 2.45. The van der Waals surface area contributed by atoms with Gasteiger partial charge in [-0.3, -0.25) is 0 Å². The fourth-order valence-corrected chi connectivity index (χ4v) is 2.34. The van der Waals surface area contributed by atoms with Gasteiger partial charge in [0.25, 0.3) is 0 Å². The highest BCUT2D eigenvalue weighted by molar-refractivity contribution is 5.74. The topological polar surface area (TPSA) is 0 Å². The van der Waals surface area contributed by atoms with Gasteiger partial charge in [-0.15, -0.1) is 0 Å². The quantitative estimate of drug-likeness (QED) is 0.532. The summed E-state index contributed by atoms with van der Waals surface area (Å²) < 4.78 is 0.